The summed E-state index contributed by atoms with van der Waals surface area (Å²) < 4.78 is 5.23. The zero-order valence-electron chi connectivity index (χ0n) is 8.69. The Hall–Kier alpha value is -2.10. The van der Waals surface area contributed by atoms with Crippen LogP contribution in [0, 0.1) is 0 Å². The van der Waals surface area contributed by atoms with Crippen LogP contribution in [0.1, 0.15) is 22.8 Å². The van der Waals surface area contributed by atoms with Crippen LogP contribution < -0.4 is 4.74 Å². The van der Waals surface area contributed by atoms with E-state index in [-0.39, 0.29) is 11.3 Å². The highest BCUT2D eigenvalue weighted by Gasteiger charge is 2.25. The summed E-state index contributed by atoms with van der Waals surface area (Å²) >= 11 is 0. The number of fused-ring (bicyclic) bond motifs is 1. The number of rotatable bonds is 2. The monoisotopic (exact) mass is 218 g/mol. The molecule has 0 aliphatic heterocycles. The highest BCUT2D eigenvalue weighted by Crippen LogP contribution is 2.26. The normalized spacial score (nSPS) is 14.4. The van der Waals surface area contributed by atoms with Gasteiger partial charge in [0, 0.05) is 17.2 Å². The molecule has 4 heteroatoms. The average molecular weight is 218 g/mol. The molecule has 4 nitrogen and oxygen atoms in total. The third-order valence-corrected chi connectivity index (χ3v) is 2.31. The molecule has 16 heavy (non-hydrogen) atoms. The number of ketones is 2. The molecule has 0 heterocycles. The molecule has 1 aliphatic carbocycles. The fourth-order valence-corrected chi connectivity index (χ4v) is 1.59. The molecule has 1 aliphatic rings. The first-order valence-electron chi connectivity index (χ1n) is 4.90. The molecule has 1 N–H and O–H groups in total. The topological polar surface area (TPSA) is 63.6 Å². The third kappa shape index (κ3) is 1.58. The number of allylic oxidation sites excluding steroid dienone is 1. The van der Waals surface area contributed by atoms with Crippen molar-refractivity contribution in [1.82, 2.24) is 0 Å². The minimum absolute atomic E-state index is 0.178. The number of carbonyl (C=O) groups is 2. The molecule has 1 aromatic carbocycles. The van der Waals surface area contributed by atoms with Crippen molar-refractivity contribution in [2.24, 2.45) is 0 Å². The molecule has 0 aromatic heterocycles. The van der Waals surface area contributed by atoms with Gasteiger partial charge in [-0.25, -0.2) is 0 Å². The lowest BCUT2D eigenvalue weighted by atomic mass is 9.94. The number of hydrogen-bond acceptors (Lipinski definition) is 4. The van der Waals surface area contributed by atoms with Gasteiger partial charge in [0.2, 0.25) is 11.6 Å². The van der Waals surface area contributed by atoms with Crippen molar-refractivity contribution in [3.8, 4) is 5.75 Å². The van der Waals surface area contributed by atoms with Crippen LogP contribution in [0.3, 0.4) is 0 Å². The molecule has 0 spiro atoms. The maximum Gasteiger partial charge on any atom is 0.233 e. The van der Waals surface area contributed by atoms with Crippen LogP contribution in [-0.4, -0.2) is 23.3 Å². The summed E-state index contributed by atoms with van der Waals surface area (Å²) in [6.45, 7) is 2.30. The lowest BCUT2D eigenvalue weighted by Gasteiger charge is -2.13. The quantitative estimate of drug-likeness (QED) is 0.768. The molecular formula is C12H10O4. The van der Waals surface area contributed by atoms with Crippen LogP contribution in [-0.2, 0) is 4.79 Å². The summed E-state index contributed by atoms with van der Waals surface area (Å²) in [6, 6.07) is 4.69. The second-order valence-corrected chi connectivity index (χ2v) is 3.36. The van der Waals surface area contributed by atoms with Gasteiger partial charge in [-0.2, -0.15) is 0 Å². The van der Waals surface area contributed by atoms with Crippen molar-refractivity contribution < 1.29 is 19.4 Å². The van der Waals surface area contributed by atoms with Gasteiger partial charge in [0.15, 0.2) is 0 Å². The maximum atomic E-state index is 11.6. The number of aliphatic hydroxyl groups excluding tert-OH is 1. The van der Waals surface area contributed by atoms with E-state index in [9.17, 15) is 14.7 Å². The Labute approximate surface area is 92.2 Å². The van der Waals surface area contributed by atoms with E-state index in [1.165, 1.54) is 6.07 Å². The van der Waals surface area contributed by atoms with E-state index in [1.807, 2.05) is 6.92 Å². The predicted molar refractivity (Wildman–Crippen MR) is 57.6 cm³/mol. The molecule has 0 unspecified atom stereocenters. The fraction of sp³-hybridized carbons (Fsp3) is 0.167. The molecular weight excluding hydrogens is 208 g/mol. The number of ether oxygens (including phenoxy) is 1. The van der Waals surface area contributed by atoms with E-state index >= 15 is 0 Å². The van der Waals surface area contributed by atoms with Crippen LogP contribution in [0.4, 0.5) is 0 Å². The van der Waals surface area contributed by atoms with Gasteiger partial charge in [0.1, 0.15) is 11.5 Å². The number of carbonyl (C=O) groups excluding carboxylic acids is 2. The Bertz CT molecular complexity index is 500. The second kappa shape index (κ2) is 3.81. The lowest BCUT2D eigenvalue weighted by Crippen LogP contribution is -2.18. The molecule has 0 bridgehead atoms. The molecule has 0 saturated heterocycles. The van der Waals surface area contributed by atoms with Gasteiger partial charge in [0.05, 0.1) is 6.61 Å². The van der Waals surface area contributed by atoms with E-state index in [2.05, 4.69) is 0 Å². The van der Waals surface area contributed by atoms with Gasteiger partial charge in [-0.05, 0) is 25.1 Å². The molecule has 0 fully saturated rings. The first-order chi connectivity index (χ1) is 7.63. The van der Waals surface area contributed by atoms with Crippen LogP contribution >= 0.6 is 0 Å². The molecule has 0 amide bonds. The highest BCUT2D eigenvalue weighted by atomic mass is 16.5. The van der Waals surface area contributed by atoms with Crippen molar-refractivity contribution in [2.45, 2.75) is 6.92 Å². The summed E-state index contributed by atoms with van der Waals surface area (Å²) in [5.41, 5.74) is 0.559. The van der Waals surface area contributed by atoms with Crippen molar-refractivity contribution in [2.75, 3.05) is 6.61 Å². The predicted octanol–water partition coefficient (Wildman–Crippen LogP) is 1.75. The largest absolute Gasteiger partial charge is 0.507 e. The Morgan fingerprint density at radius 1 is 1.25 bits per heavy atom. The number of aliphatic hydroxyl groups is 1. The minimum Gasteiger partial charge on any atom is -0.507 e. The number of Topliss-reactive ketones (excluding diaryl/α,β-unsaturated/α-hetero) is 1. The van der Waals surface area contributed by atoms with Crippen LogP contribution in [0.2, 0.25) is 0 Å². The Morgan fingerprint density at radius 3 is 2.69 bits per heavy atom. The zero-order chi connectivity index (χ0) is 11.7. The van der Waals surface area contributed by atoms with Crippen molar-refractivity contribution in [3.05, 3.63) is 35.4 Å². The van der Waals surface area contributed by atoms with Gasteiger partial charge < -0.3 is 9.84 Å². The standard InChI is InChI=1S/C12H10O4/c1-2-16-7-3-4-8-9(5-7)12(15)11(14)6-10(8)13/h3-6,13H,2H2,1H3. The van der Waals surface area contributed by atoms with Crippen LogP contribution in [0.25, 0.3) is 5.76 Å². The molecule has 0 radical (unpaired) electrons. The van der Waals surface area contributed by atoms with Gasteiger partial charge in [-0.3, -0.25) is 9.59 Å². The van der Waals surface area contributed by atoms with Crippen LogP contribution in [0.5, 0.6) is 5.75 Å². The first kappa shape index (κ1) is 10.4. The zero-order valence-corrected chi connectivity index (χ0v) is 8.69. The van der Waals surface area contributed by atoms with E-state index < -0.39 is 11.6 Å². The van der Waals surface area contributed by atoms with Crippen LogP contribution in [0.15, 0.2) is 24.3 Å². The van der Waals surface area contributed by atoms with Gasteiger partial charge in [-0.15, -0.1) is 0 Å². The van der Waals surface area contributed by atoms with Crippen molar-refractivity contribution >= 4 is 17.3 Å². The molecule has 2 rings (SSSR count). The summed E-state index contributed by atoms with van der Waals surface area (Å²) in [5, 5.41) is 9.52. The molecule has 0 saturated carbocycles. The first-order valence-corrected chi connectivity index (χ1v) is 4.90. The van der Waals surface area contributed by atoms with E-state index in [4.69, 9.17) is 4.74 Å². The number of hydrogen-bond donors (Lipinski definition) is 1. The van der Waals surface area contributed by atoms with Crippen molar-refractivity contribution in [3.63, 3.8) is 0 Å². The molecule has 1 aromatic rings. The molecule has 82 valence electrons. The lowest BCUT2D eigenvalue weighted by molar-refractivity contribution is -0.111. The summed E-state index contributed by atoms with van der Waals surface area (Å²) in [5.74, 6) is -0.993. The minimum atomic E-state index is -0.710. The highest BCUT2D eigenvalue weighted by molar-refractivity contribution is 6.50. The van der Waals surface area contributed by atoms with Crippen molar-refractivity contribution in [1.29, 1.82) is 0 Å². The summed E-state index contributed by atoms with van der Waals surface area (Å²) in [6.07, 6.45) is 0.936. The van der Waals surface area contributed by atoms with Gasteiger partial charge >= 0.3 is 0 Å². The summed E-state index contributed by atoms with van der Waals surface area (Å²) in [7, 11) is 0. The fourth-order valence-electron chi connectivity index (χ4n) is 1.59. The van der Waals surface area contributed by atoms with Gasteiger partial charge in [0.25, 0.3) is 0 Å². The van der Waals surface area contributed by atoms with E-state index in [0.29, 0.717) is 17.9 Å². The summed E-state index contributed by atoms with van der Waals surface area (Å²) in [4.78, 5) is 22.8. The SMILES string of the molecule is CCOc1ccc2c(c1)C(=O)C(=O)C=C2O. The number of benzene rings is 1. The van der Waals surface area contributed by atoms with E-state index in [1.54, 1.807) is 12.1 Å². The maximum absolute atomic E-state index is 11.6. The smallest absolute Gasteiger partial charge is 0.233 e. The molecule has 0 atom stereocenters. The Kier molecular flexibility index (Phi) is 2.48. The van der Waals surface area contributed by atoms with E-state index in [0.717, 1.165) is 6.08 Å². The van der Waals surface area contributed by atoms with Gasteiger partial charge in [-0.1, -0.05) is 0 Å². The second-order valence-electron chi connectivity index (χ2n) is 3.36. The third-order valence-electron chi connectivity index (χ3n) is 2.31. The Morgan fingerprint density at radius 2 is 2.00 bits per heavy atom. The Balaban J connectivity index is 2.54. The average Bonchev–Trinajstić information content (AvgIpc) is 2.26.